The van der Waals surface area contributed by atoms with E-state index in [2.05, 4.69) is 15.9 Å². The molecule has 2 atom stereocenters. The van der Waals surface area contributed by atoms with Gasteiger partial charge in [0.15, 0.2) is 5.78 Å². The molecule has 0 N–H and O–H groups in total. The fraction of sp³-hybridized carbons (Fsp3) is 0.161. The van der Waals surface area contributed by atoms with Crippen LogP contribution in [0, 0.1) is 17.6 Å². The molecule has 1 heterocycles. The largest absolute Gasteiger partial charge is 0.489 e. The Morgan fingerprint density at radius 1 is 0.816 bits per heavy atom. The van der Waals surface area contributed by atoms with E-state index in [4.69, 9.17) is 4.74 Å². The van der Waals surface area contributed by atoms with E-state index in [9.17, 15) is 18.4 Å². The van der Waals surface area contributed by atoms with Crippen molar-refractivity contribution in [2.24, 2.45) is 5.92 Å². The summed E-state index contributed by atoms with van der Waals surface area (Å²) in [7, 11) is 0. The van der Waals surface area contributed by atoms with Crippen molar-refractivity contribution in [3.05, 3.63) is 130 Å². The minimum Gasteiger partial charge on any atom is -0.489 e. The van der Waals surface area contributed by atoms with Gasteiger partial charge in [-0.15, -0.1) is 0 Å². The van der Waals surface area contributed by atoms with E-state index >= 15 is 0 Å². The fourth-order valence-electron chi connectivity index (χ4n) is 4.68. The molecule has 1 aliphatic heterocycles. The van der Waals surface area contributed by atoms with E-state index < -0.39 is 11.7 Å². The van der Waals surface area contributed by atoms with Gasteiger partial charge in [-0.05, 0) is 90.3 Å². The van der Waals surface area contributed by atoms with Gasteiger partial charge in [0, 0.05) is 22.1 Å². The Morgan fingerprint density at radius 2 is 1.42 bits per heavy atom. The van der Waals surface area contributed by atoms with Crippen LogP contribution in [0.3, 0.4) is 0 Å². The highest BCUT2D eigenvalue weighted by atomic mass is 79.9. The van der Waals surface area contributed by atoms with E-state index in [0.717, 1.165) is 15.6 Å². The highest BCUT2D eigenvalue weighted by Crippen LogP contribution is 2.46. The molecule has 0 saturated carbocycles. The Hall–Kier alpha value is -3.84. The zero-order valence-electron chi connectivity index (χ0n) is 20.3. The number of benzene rings is 4. The Morgan fingerprint density at radius 3 is 2.05 bits per heavy atom. The van der Waals surface area contributed by atoms with Crippen molar-refractivity contribution >= 4 is 33.3 Å². The molecule has 0 aromatic heterocycles. The Kier molecular flexibility index (Phi) is 7.65. The Bertz CT molecular complexity index is 1420. The molecule has 7 heteroatoms. The van der Waals surface area contributed by atoms with Gasteiger partial charge >= 0.3 is 0 Å². The summed E-state index contributed by atoms with van der Waals surface area (Å²) in [6.45, 7) is 0.421. The second-order valence-electron chi connectivity index (χ2n) is 9.19. The maximum Gasteiger partial charge on any atom is 0.233 e. The van der Waals surface area contributed by atoms with Crippen LogP contribution in [-0.4, -0.2) is 11.7 Å². The molecule has 192 valence electrons. The van der Waals surface area contributed by atoms with Gasteiger partial charge in [0.05, 0.1) is 12.0 Å². The third kappa shape index (κ3) is 5.68. The van der Waals surface area contributed by atoms with E-state index in [0.29, 0.717) is 30.0 Å². The van der Waals surface area contributed by atoms with Crippen molar-refractivity contribution in [2.45, 2.75) is 25.5 Å². The number of carbonyl (C=O) groups is 2. The lowest BCUT2D eigenvalue weighted by atomic mass is 9.78. The van der Waals surface area contributed by atoms with Crippen molar-refractivity contribution < 1.29 is 23.1 Å². The first kappa shape index (κ1) is 25.8. The van der Waals surface area contributed by atoms with Gasteiger partial charge in [-0.2, -0.15) is 0 Å². The third-order valence-corrected chi connectivity index (χ3v) is 7.24. The average molecular weight is 576 g/mol. The van der Waals surface area contributed by atoms with Crippen LogP contribution in [0.4, 0.5) is 14.5 Å². The number of halogens is 3. The number of nitrogens with zero attached hydrogens (tertiary/aromatic N) is 1. The molecule has 1 fully saturated rings. The first-order valence-electron chi connectivity index (χ1n) is 12.2. The van der Waals surface area contributed by atoms with E-state index in [1.807, 2.05) is 48.5 Å². The molecule has 5 rings (SSSR count). The molecule has 0 radical (unpaired) electrons. The number of Topliss-reactive ketones (excluding diaryl/α,β-unsaturated/α-hetero) is 1. The molecule has 0 bridgehead atoms. The van der Waals surface area contributed by atoms with Gasteiger partial charge in [-0.25, -0.2) is 8.78 Å². The lowest BCUT2D eigenvalue weighted by molar-refractivity contribution is -0.130. The first-order chi connectivity index (χ1) is 18.4. The van der Waals surface area contributed by atoms with Crippen LogP contribution in [0.1, 0.15) is 40.4 Å². The Labute approximate surface area is 228 Å². The van der Waals surface area contributed by atoms with E-state index in [-0.39, 0.29) is 30.0 Å². The maximum atomic E-state index is 13.5. The second-order valence-corrected chi connectivity index (χ2v) is 10.1. The number of hydrogen-bond acceptors (Lipinski definition) is 3. The zero-order chi connectivity index (χ0) is 26.6. The summed E-state index contributed by atoms with van der Waals surface area (Å²) in [4.78, 5) is 27.5. The first-order valence-corrected chi connectivity index (χ1v) is 13.0. The average Bonchev–Trinajstić information content (AvgIpc) is 2.93. The molecular formula is C31H24BrF2NO3. The molecule has 0 unspecified atom stereocenters. The predicted octanol–water partition coefficient (Wildman–Crippen LogP) is 7.67. The summed E-state index contributed by atoms with van der Waals surface area (Å²) in [5.74, 6) is -0.780. The van der Waals surface area contributed by atoms with Gasteiger partial charge in [0.2, 0.25) is 5.91 Å². The highest BCUT2D eigenvalue weighted by Gasteiger charge is 2.48. The summed E-state index contributed by atoms with van der Waals surface area (Å²) in [6, 6.07) is 26.3. The smallest absolute Gasteiger partial charge is 0.233 e. The molecule has 4 nitrogen and oxygen atoms in total. The molecule has 0 aliphatic carbocycles. The number of ketones is 1. The minimum absolute atomic E-state index is 0.121. The van der Waals surface area contributed by atoms with Crippen molar-refractivity contribution in [2.75, 3.05) is 4.90 Å². The molecule has 1 amide bonds. The number of rotatable bonds is 9. The SMILES string of the molecule is O=C(CC[C@H]1C(=O)N(c2ccc(F)cc2)[C@@H]1c1ccc(OCc2ccc(Br)cc2)cc1)c1ccc(F)cc1. The van der Waals surface area contributed by atoms with Gasteiger partial charge < -0.3 is 9.64 Å². The number of amides is 1. The highest BCUT2D eigenvalue weighted by molar-refractivity contribution is 9.10. The van der Waals surface area contributed by atoms with Crippen LogP contribution < -0.4 is 9.64 Å². The van der Waals surface area contributed by atoms with Crippen LogP contribution in [0.2, 0.25) is 0 Å². The van der Waals surface area contributed by atoms with Crippen molar-refractivity contribution in [1.29, 1.82) is 0 Å². The molecule has 4 aromatic carbocycles. The number of β-lactam (4-membered cyclic amide) rings is 1. The molecule has 1 aliphatic rings. The van der Waals surface area contributed by atoms with Crippen molar-refractivity contribution in [3.8, 4) is 5.75 Å². The number of ether oxygens (including phenoxy) is 1. The number of hydrogen-bond donors (Lipinski definition) is 0. The quantitative estimate of drug-likeness (QED) is 0.152. The molecule has 4 aromatic rings. The van der Waals surface area contributed by atoms with Gasteiger partial charge in [-0.1, -0.05) is 40.2 Å². The second kappa shape index (κ2) is 11.3. The molecule has 38 heavy (non-hydrogen) atoms. The van der Waals surface area contributed by atoms with Crippen LogP contribution >= 0.6 is 15.9 Å². The lowest BCUT2D eigenvalue weighted by Gasteiger charge is -2.47. The van der Waals surface area contributed by atoms with Crippen LogP contribution in [0.25, 0.3) is 0 Å². The molecule has 0 spiro atoms. The Balaban J connectivity index is 1.32. The van der Waals surface area contributed by atoms with E-state index in [1.165, 1.54) is 36.4 Å². The summed E-state index contributed by atoms with van der Waals surface area (Å²) < 4.78 is 33.7. The van der Waals surface area contributed by atoms with Crippen LogP contribution in [0.5, 0.6) is 5.75 Å². The molecular weight excluding hydrogens is 552 g/mol. The van der Waals surface area contributed by atoms with Crippen molar-refractivity contribution in [3.63, 3.8) is 0 Å². The maximum absolute atomic E-state index is 13.5. The number of carbonyl (C=O) groups excluding carboxylic acids is 2. The number of anilines is 1. The summed E-state index contributed by atoms with van der Waals surface area (Å²) in [5, 5.41) is 0. The standard InChI is InChI=1S/C31H24BrF2NO3/c32-23-7-1-20(2-8-23)19-38-27-15-5-22(6-16-27)30-28(17-18-29(36)21-3-9-24(33)10-4-21)31(37)35(30)26-13-11-25(34)12-14-26/h1-16,28,30H,17-19H2/t28-,30-/m1/s1. The topological polar surface area (TPSA) is 46.6 Å². The summed E-state index contributed by atoms with van der Waals surface area (Å²) >= 11 is 3.42. The van der Waals surface area contributed by atoms with Crippen LogP contribution in [0.15, 0.2) is 102 Å². The monoisotopic (exact) mass is 575 g/mol. The molecule has 1 saturated heterocycles. The van der Waals surface area contributed by atoms with Gasteiger partial charge in [0.25, 0.3) is 0 Å². The summed E-state index contributed by atoms with van der Waals surface area (Å²) in [5.41, 5.74) is 2.94. The minimum atomic E-state index is -0.418. The van der Waals surface area contributed by atoms with Crippen LogP contribution in [-0.2, 0) is 11.4 Å². The van der Waals surface area contributed by atoms with Gasteiger partial charge in [-0.3, -0.25) is 9.59 Å². The fourth-order valence-corrected chi connectivity index (χ4v) is 4.94. The predicted molar refractivity (Wildman–Crippen MR) is 145 cm³/mol. The third-order valence-electron chi connectivity index (χ3n) is 6.71. The zero-order valence-corrected chi connectivity index (χ0v) is 21.9. The summed E-state index contributed by atoms with van der Waals surface area (Å²) in [6.07, 6.45) is 0.503. The van der Waals surface area contributed by atoms with Gasteiger partial charge in [0.1, 0.15) is 24.0 Å². The lowest BCUT2D eigenvalue weighted by Crippen LogP contribution is -2.55. The van der Waals surface area contributed by atoms with E-state index in [1.54, 1.807) is 17.0 Å². The normalized spacial score (nSPS) is 16.7. The van der Waals surface area contributed by atoms with Crippen molar-refractivity contribution in [1.82, 2.24) is 0 Å².